The molecule has 5 rings (SSSR count). The first-order valence-electron chi connectivity index (χ1n) is 7.76. The predicted octanol–water partition coefficient (Wildman–Crippen LogP) is 5.33. The average Bonchev–Trinajstić information content (AvgIpc) is 2.97. The second-order valence-electron chi connectivity index (χ2n) is 5.72. The first-order valence-corrected chi connectivity index (χ1v) is 7.76. The summed E-state index contributed by atoms with van der Waals surface area (Å²) in [5.74, 6) is 0.954. The first kappa shape index (κ1) is 12.4. The molecule has 0 radical (unpaired) electrons. The Hall–Kier alpha value is -3.13. The van der Waals surface area contributed by atoms with E-state index in [1.807, 2.05) is 18.3 Å². The minimum absolute atomic E-state index is 0.954. The van der Waals surface area contributed by atoms with Crippen molar-refractivity contribution in [1.82, 2.24) is 9.55 Å². The molecule has 0 amide bonds. The lowest BCUT2D eigenvalue weighted by atomic mass is 10.1. The summed E-state index contributed by atoms with van der Waals surface area (Å²) in [6.45, 7) is 0. The molecule has 108 valence electrons. The molecule has 0 unspecified atom stereocenters. The molecule has 0 fully saturated rings. The van der Waals surface area contributed by atoms with Gasteiger partial charge in [0, 0.05) is 22.4 Å². The molecule has 0 N–H and O–H groups in total. The maximum absolute atomic E-state index is 4.59. The van der Waals surface area contributed by atoms with Gasteiger partial charge >= 0.3 is 0 Å². The van der Waals surface area contributed by atoms with E-state index in [9.17, 15) is 0 Å². The van der Waals surface area contributed by atoms with Crippen LogP contribution in [0.1, 0.15) is 0 Å². The van der Waals surface area contributed by atoms with Crippen LogP contribution in [-0.4, -0.2) is 9.55 Å². The van der Waals surface area contributed by atoms with Gasteiger partial charge in [-0.05, 0) is 23.6 Å². The van der Waals surface area contributed by atoms with E-state index in [-0.39, 0.29) is 0 Å². The second-order valence-corrected chi connectivity index (χ2v) is 5.72. The SMILES string of the molecule is c1ccc(-n2c3ccccc3c3ccc4ccccc4c32)nc1. The van der Waals surface area contributed by atoms with Gasteiger partial charge < -0.3 is 0 Å². The number of benzene rings is 3. The zero-order valence-electron chi connectivity index (χ0n) is 12.5. The zero-order chi connectivity index (χ0) is 15.2. The Labute approximate surface area is 133 Å². The van der Waals surface area contributed by atoms with Crippen molar-refractivity contribution >= 4 is 32.6 Å². The van der Waals surface area contributed by atoms with Gasteiger partial charge in [-0.2, -0.15) is 0 Å². The lowest BCUT2D eigenvalue weighted by molar-refractivity contribution is 1.08. The van der Waals surface area contributed by atoms with Crippen LogP contribution in [0.3, 0.4) is 0 Å². The van der Waals surface area contributed by atoms with Crippen LogP contribution < -0.4 is 0 Å². The number of rotatable bonds is 1. The normalized spacial score (nSPS) is 11.5. The average molecular weight is 294 g/mol. The molecule has 23 heavy (non-hydrogen) atoms. The van der Waals surface area contributed by atoms with E-state index in [1.165, 1.54) is 32.6 Å². The van der Waals surface area contributed by atoms with Crippen LogP contribution >= 0.6 is 0 Å². The monoisotopic (exact) mass is 294 g/mol. The molecule has 5 aromatic rings. The van der Waals surface area contributed by atoms with E-state index >= 15 is 0 Å². The molecule has 0 saturated carbocycles. The molecular weight excluding hydrogens is 280 g/mol. The predicted molar refractivity (Wildman–Crippen MR) is 96.1 cm³/mol. The molecule has 0 aliphatic heterocycles. The quantitative estimate of drug-likeness (QED) is 0.408. The standard InChI is InChI=1S/C21H14N2/c1-2-8-16-15(7-1)12-13-18-17-9-3-4-10-19(17)23(21(16)18)20-11-5-6-14-22-20/h1-14H. The molecule has 2 nitrogen and oxygen atoms in total. The van der Waals surface area contributed by atoms with E-state index in [4.69, 9.17) is 0 Å². The third kappa shape index (κ3) is 1.72. The lowest BCUT2D eigenvalue weighted by Gasteiger charge is -2.08. The molecule has 3 aromatic carbocycles. The van der Waals surface area contributed by atoms with E-state index in [0.717, 1.165) is 5.82 Å². The molecule has 2 aromatic heterocycles. The summed E-state index contributed by atoms with van der Waals surface area (Å²) in [5.41, 5.74) is 2.42. The van der Waals surface area contributed by atoms with Crippen LogP contribution in [0.4, 0.5) is 0 Å². The van der Waals surface area contributed by atoms with Gasteiger partial charge in [0.15, 0.2) is 0 Å². The second kappa shape index (κ2) is 4.68. The van der Waals surface area contributed by atoms with Crippen molar-refractivity contribution in [2.75, 3.05) is 0 Å². The van der Waals surface area contributed by atoms with Gasteiger partial charge in [0.05, 0.1) is 11.0 Å². The zero-order valence-corrected chi connectivity index (χ0v) is 12.5. The van der Waals surface area contributed by atoms with E-state index < -0.39 is 0 Å². The fourth-order valence-electron chi connectivity index (χ4n) is 3.45. The smallest absolute Gasteiger partial charge is 0.137 e. The highest BCUT2D eigenvalue weighted by molar-refractivity contribution is 6.18. The summed E-state index contributed by atoms with van der Waals surface area (Å²) >= 11 is 0. The van der Waals surface area contributed by atoms with Gasteiger partial charge in [0.1, 0.15) is 5.82 Å². The van der Waals surface area contributed by atoms with Crippen molar-refractivity contribution in [2.45, 2.75) is 0 Å². The van der Waals surface area contributed by atoms with Gasteiger partial charge in [0.2, 0.25) is 0 Å². The molecule has 0 aliphatic rings. The Balaban J connectivity index is 2.10. The molecule has 2 heteroatoms. The van der Waals surface area contributed by atoms with Crippen molar-refractivity contribution in [1.29, 1.82) is 0 Å². The summed E-state index contributed by atoms with van der Waals surface area (Å²) in [6, 6.07) is 27.5. The Kier molecular flexibility index (Phi) is 2.53. The largest absolute Gasteiger partial charge is 0.293 e. The molecule has 0 atom stereocenters. The number of hydrogen-bond donors (Lipinski definition) is 0. The topological polar surface area (TPSA) is 17.8 Å². The lowest BCUT2D eigenvalue weighted by Crippen LogP contribution is -1.96. The number of fused-ring (bicyclic) bond motifs is 5. The number of nitrogens with zero attached hydrogens (tertiary/aromatic N) is 2. The first-order chi connectivity index (χ1) is 11.4. The van der Waals surface area contributed by atoms with Crippen LogP contribution in [0, 0.1) is 0 Å². The van der Waals surface area contributed by atoms with Gasteiger partial charge in [-0.3, -0.25) is 4.57 Å². The van der Waals surface area contributed by atoms with Crippen molar-refractivity contribution < 1.29 is 0 Å². The maximum Gasteiger partial charge on any atom is 0.137 e. The van der Waals surface area contributed by atoms with Crippen molar-refractivity contribution in [3.05, 3.63) is 85.1 Å². The summed E-state index contributed by atoms with van der Waals surface area (Å²) < 4.78 is 2.27. The van der Waals surface area contributed by atoms with E-state index in [2.05, 4.69) is 76.3 Å². The Morgan fingerprint density at radius 1 is 0.609 bits per heavy atom. The fraction of sp³-hybridized carbons (Fsp3) is 0. The summed E-state index contributed by atoms with van der Waals surface area (Å²) in [6.07, 6.45) is 1.85. The van der Waals surface area contributed by atoms with E-state index in [1.54, 1.807) is 0 Å². The highest BCUT2D eigenvalue weighted by Gasteiger charge is 2.14. The van der Waals surface area contributed by atoms with Gasteiger partial charge in [-0.25, -0.2) is 4.98 Å². The van der Waals surface area contributed by atoms with Crippen LogP contribution in [0.25, 0.3) is 38.4 Å². The molecule has 0 saturated heterocycles. The Bertz CT molecular complexity index is 1150. The van der Waals surface area contributed by atoms with E-state index in [0.29, 0.717) is 0 Å². The van der Waals surface area contributed by atoms with Gasteiger partial charge in [0.25, 0.3) is 0 Å². The van der Waals surface area contributed by atoms with Gasteiger partial charge in [-0.1, -0.05) is 60.7 Å². The third-order valence-electron chi connectivity index (χ3n) is 4.44. The molecule has 2 heterocycles. The number of pyridine rings is 1. The summed E-state index contributed by atoms with van der Waals surface area (Å²) in [7, 11) is 0. The molecule has 0 bridgehead atoms. The highest BCUT2D eigenvalue weighted by Crippen LogP contribution is 2.35. The molecular formula is C21H14N2. The van der Waals surface area contributed by atoms with Crippen molar-refractivity contribution in [2.24, 2.45) is 0 Å². The fourth-order valence-corrected chi connectivity index (χ4v) is 3.45. The van der Waals surface area contributed by atoms with Crippen LogP contribution in [-0.2, 0) is 0 Å². The van der Waals surface area contributed by atoms with Crippen molar-refractivity contribution in [3.8, 4) is 5.82 Å². The van der Waals surface area contributed by atoms with Gasteiger partial charge in [-0.15, -0.1) is 0 Å². The van der Waals surface area contributed by atoms with Crippen LogP contribution in [0.2, 0.25) is 0 Å². The van der Waals surface area contributed by atoms with Crippen molar-refractivity contribution in [3.63, 3.8) is 0 Å². The Morgan fingerprint density at radius 3 is 2.26 bits per heavy atom. The number of para-hydroxylation sites is 1. The maximum atomic E-state index is 4.59. The highest BCUT2D eigenvalue weighted by atomic mass is 15.1. The number of hydrogen-bond acceptors (Lipinski definition) is 1. The minimum atomic E-state index is 0.954. The molecule has 0 aliphatic carbocycles. The molecule has 0 spiro atoms. The number of aromatic nitrogens is 2. The van der Waals surface area contributed by atoms with Crippen LogP contribution in [0.15, 0.2) is 85.1 Å². The van der Waals surface area contributed by atoms with Crippen LogP contribution in [0.5, 0.6) is 0 Å². The summed E-state index contributed by atoms with van der Waals surface area (Å²) in [5, 5.41) is 5.04. The third-order valence-corrected chi connectivity index (χ3v) is 4.44. The minimum Gasteiger partial charge on any atom is -0.293 e. The Morgan fingerprint density at radius 2 is 1.39 bits per heavy atom. The summed E-state index contributed by atoms with van der Waals surface area (Å²) in [4.78, 5) is 4.59.